The summed E-state index contributed by atoms with van der Waals surface area (Å²) < 4.78 is 5.25. The van der Waals surface area contributed by atoms with E-state index in [2.05, 4.69) is 10.3 Å². The number of fused-ring (bicyclic) bond motifs is 2. The number of nitrogens with zero attached hydrogens (tertiary/aromatic N) is 1. The number of aromatic nitrogens is 1. The number of benzene rings is 1. The first-order valence-electron chi connectivity index (χ1n) is 7.29. The highest BCUT2D eigenvalue weighted by atomic mass is 32.1. The Morgan fingerprint density at radius 2 is 2.18 bits per heavy atom. The SMILES string of the molecule is O=C1OC(C(=O)Nc2nc3c(s2)CCC3)Cc2ccccc21. The minimum absolute atomic E-state index is 0.310. The van der Waals surface area contributed by atoms with Crippen LogP contribution in [0.1, 0.15) is 32.9 Å². The second-order valence-electron chi connectivity index (χ2n) is 5.49. The van der Waals surface area contributed by atoms with Gasteiger partial charge in [-0.2, -0.15) is 0 Å². The number of hydrogen-bond acceptors (Lipinski definition) is 5. The molecule has 5 nitrogen and oxygen atoms in total. The molecule has 1 aromatic carbocycles. The molecule has 1 aliphatic carbocycles. The molecular formula is C16H14N2O3S. The molecule has 1 N–H and O–H groups in total. The molecule has 2 heterocycles. The maximum Gasteiger partial charge on any atom is 0.339 e. The predicted octanol–water partition coefficient (Wildman–Crippen LogP) is 2.35. The number of amides is 1. The Labute approximate surface area is 131 Å². The fourth-order valence-electron chi connectivity index (χ4n) is 2.91. The van der Waals surface area contributed by atoms with Crippen molar-refractivity contribution in [3.63, 3.8) is 0 Å². The van der Waals surface area contributed by atoms with Crippen molar-refractivity contribution in [1.82, 2.24) is 4.98 Å². The molecule has 0 fully saturated rings. The Hall–Kier alpha value is -2.21. The Balaban J connectivity index is 1.50. The molecule has 112 valence electrons. The van der Waals surface area contributed by atoms with Crippen molar-refractivity contribution in [2.24, 2.45) is 0 Å². The van der Waals surface area contributed by atoms with E-state index in [-0.39, 0.29) is 5.91 Å². The van der Waals surface area contributed by atoms with Gasteiger partial charge in [0.2, 0.25) is 0 Å². The smallest absolute Gasteiger partial charge is 0.339 e. The van der Waals surface area contributed by atoms with Crippen LogP contribution in [0.15, 0.2) is 24.3 Å². The summed E-state index contributed by atoms with van der Waals surface area (Å²) in [7, 11) is 0. The highest BCUT2D eigenvalue weighted by molar-refractivity contribution is 7.15. The monoisotopic (exact) mass is 314 g/mol. The number of nitrogens with one attached hydrogen (secondary N) is 1. The molecule has 22 heavy (non-hydrogen) atoms. The zero-order valence-corrected chi connectivity index (χ0v) is 12.6. The third-order valence-corrected chi connectivity index (χ3v) is 5.08. The van der Waals surface area contributed by atoms with Crippen molar-refractivity contribution < 1.29 is 14.3 Å². The van der Waals surface area contributed by atoms with Gasteiger partial charge in [0.1, 0.15) is 0 Å². The number of hydrogen-bond donors (Lipinski definition) is 1. The molecule has 1 unspecified atom stereocenters. The van der Waals surface area contributed by atoms with E-state index >= 15 is 0 Å². The first-order chi connectivity index (χ1) is 10.7. The molecule has 4 rings (SSSR count). The van der Waals surface area contributed by atoms with E-state index in [1.54, 1.807) is 12.1 Å². The Kier molecular flexibility index (Phi) is 3.18. The van der Waals surface area contributed by atoms with Gasteiger partial charge in [-0.15, -0.1) is 11.3 Å². The summed E-state index contributed by atoms with van der Waals surface area (Å²) in [6.07, 6.45) is 2.77. The summed E-state index contributed by atoms with van der Waals surface area (Å²) in [6.45, 7) is 0. The molecule has 0 saturated heterocycles. The molecule has 1 aromatic heterocycles. The summed E-state index contributed by atoms with van der Waals surface area (Å²) in [5.74, 6) is -0.751. The predicted molar refractivity (Wildman–Crippen MR) is 82.1 cm³/mol. The lowest BCUT2D eigenvalue weighted by Crippen LogP contribution is -2.37. The lowest BCUT2D eigenvalue weighted by molar-refractivity contribution is -0.125. The van der Waals surface area contributed by atoms with Crippen LogP contribution < -0.4 is 5.32 Å². The molecule has 1 amide bonds. The van der Waals surface area contributed by atoms with Gasteiger partial charge >= 0.3 is 5.97 Å². The van der Waals surface area contributed by atoms with Crippen molar-refractivity contribution in [3.8, 4) is 0 Å². The second-order valence-corrected chi connectivity index (χ2v) is 6.57. The van der Waals surface area contributed by atoms with E-state index < -0.39 is 12.1 Å². The summed E-state index contributed by atoms with van der Waals surface area (Å²) in [5.41, 5.74) is 2.48. The summed E-state index contributed by atoms with van der Waals surface area (Å²) >= 11 is 1.52. The molecule has 2 aromatic rings. The first kappa shape index (κ1) is 13.5. The van der Waals surface area contributed by atoms with Gasteiger partial charge in [-0.3, -0.25) is 10.1 Å². The minimum Gasteiger partial charge on any atom is -0.448 e. The van der Waals surface area contributed by atoms with Crippen molar-refractivity contribution in [1.29, 1.82) is 0 Å². The number of ether oxygens (including phenoxy) is 1. The van der Waals surface area contributed by atoms with Gasteiger partial charge in [0.15, 0.2) is 11.2 Å². The van der Waals surface area contributed by atoms with Gasteiger partial charge in [-0.1, -0.05) is 18.2 Å². The fourth-order valence-corrected chi connectivity index (χ4v) is 3.96. The number of aryl methyl sites for hydroxylation is 2. The van der Waals surface area contributed by atoms with E-state index in [4.69, 9.17) is 4.74 Å². The molecule has 0 saturated carbocycles. The number of carbonyl (C=O) groups is 2. The number of anilines is 1. The highest BCUT2D eigenvalue weighted by Crippen LogP contribution is 2.31. The lowest BCUT2D eigenvalue weighted by atomic mass is 9.98. The molecule has 1 atom stereocenters. The van der Waals surface area contributed by atoms with Gasteiger partial charge in [0, 0.05) is 11.3 Å². The fraction of sp³-hybridized carbons (Fsp3) is 0.312. The maximum absolute atomic E-state index is 12.3. The zero-order valence-electron chi connectivity index (χ0n) is 11.8. The maximum atomic E-state index is 12.3. The Morgan fingerprint density at radius 1 is 1.32 bits per heavy atom. The third kappa shape index (κ3) is 2.29. The summed E-state index contributed by atoms with van der Waals surface area (Å²) in [4.78, 5) is 30.0. The number of thiazole rings is 1. The summed E-state index contributed by atoms with van der Waals surface area (Å²) in [6, 6.07) is 7.22. The van der Waals surface area contributed by atoms with Gasteiger partial charge in [-0.25, -0.2) is 9.78 Å². The molecular weight excluding hydrogens is 300 g/mol. The van der Waals surface area contributed by atoms with E-state index in [0.717, 1.165) is 30.5 Å². The van der Waals surface area contributed by atoms with Crippen LogP contribution in [0.4, 0.5) is 5.13 Å². The number of rotatable bonds is 2. The Bertz CT molecular complexity index is 747. The van der Waals surface area contributed by atoms with Crippen LogP contribution >= 0.6 is 11.3 Å². The lowest BCUT2D eigenvalue weighted by Gasteiger charge is -2.23. The molecule has 6 heteroatoms. The first-order valence-corrected chi connectivity index (χ1v) is 8.10. The van der Waals surface area contributed by atoms with Crippen LogP contribution in [-0.4, -0.2) is 23.0 Å². The van der Waals surface area contributed by atoms with Crippen molar-refractivity contribution >= 4 is 28.3 Å². The summed E-state index contributed by atoms with van der Waals surface area (Å²) in [5, 5.41) is 3.39. The normalized spacial score (nSPS) is 19.3. The van der Waals surface area contributed by atoms with Crippen molar-refractivity contribution in [2.45, 2.75) is 31.8 Å². The van der Waals surface area contributed by atoms with Gasteiger partial charge in [0.05, 0.1) is 11.3 Å². The van der Waals surface area contributed by atoms with Gasteiger partial charge in [0.25, 0.3) is 5.91 Å². The Morgan fingerprint density at radius 3 is 3.05 bits per heavy atom. The van der Waals surface area contributed by atoms with Crippen LogP contribution in [0.5, 0.6) is 0 Å². The van der Waals surface area contributed by atoms with E-state index in [9.17, 15) is 9.59 Å². The van der Waals surface area contributed by atoms with Gasteiger partial charge < -0.3 is 4.74 Å². The van der Waals surface area contributed by atoms with Crippen LogP contribution in [0, 0.1) is 0 Å². The average molecular weight is 314 g/mol. The number of esters is 1. The second kappa shape index (κ2) is 5.21. The van der Waals surface area contributed by atoms with Crippen molar-refractivity contribution in [2.75, 3.05) is 5.32 Å². The number of carbonyl (C=O) groups excluding carboxylic acids is 2. The molecule has 0 radical (unpaired) electrons. The quantitative estimate of drug-likeness (QED) is 0.864. The van der Waals surface area contributed by atoms with Crippen LogP contribution in [0.2, 0.25) is 0 Å². The molecule has 0 spiro atoms. The number of cyclic esters (lactones) is 1. The topological polar surface area (TPSA) is 68.3 Å². The van der Waals surface area contributed by atoms with Crippen LogP contribution in [0.3, 0.4) is 0 Å². The van der Waals surface area contributed by atoms with Crippen LogP contribution in [0.25, 0.3) is 0 Å². The van der Waals surface area contributed by atoms with Gasteiger partial charge in [-0.05, 0) is 30.9 Å². The average Bonchev–Trinajstić information content (AvgIpc) is 3.08. The zero-order chi connectivity index (χ0) is 15.1. The highest BCUT2D eigenvalue weighted by Gasteiger charge is 2.31. The largest absolute Gasteiger partial charge is 0.448 e. The third-order valence-electron chi connectivity index (χ3n) is 4.01. The van der Waals surface area contributed by atoms with Crippen LogP contribution in [-0.2, 0) is 28.8 Å². The van der Waals surface area contributed by atoms with E-state index in [0.29, 0.717) is 17.1 Å². The molecule has 0 bridgehead atoms. The molecule has 1 aliphatic heterocycles. The molecule has 2 aliphatic rings. The standard InChI is InChI=1S/C16H14N2O3S/c19-14(18-16-17-11-6-3-7-13(11)22-16)12-8-9-4-1-2-5-10(9)15(20)21-12/h1-2,4-5,12H,3,6-8H2,(H,17,18,19). The minimum atomic E-state index is -0.791. The van der Waals surface area contributed by atoms with E-state index in [1.165, 1.54) is 16.2 Å². The van der Waals surface area contributed by atoms with Crippen molar-refractivity contribution in [3.05, 3.63) is 46.0 Å². The van der Waals surface area contributed by atoms with E-state index in [1.807, 2.05) is 12.1 Å².